The SMILES string of the molecule is Fc1ccc(CN2CCC[C@@H](Cn3nnc(-c4ccncc4)n3)C2)cc1. The van der Waals surface area contributed by atoms with Crippen molar-refractivity contribution >= 4 is 0 Å². The molecule has 26 heavy (non-hydrogen) atoms. The van der Waals surface area contributed by atoms with Gasteiger partial charge in [-0.25, -0.2) is 4.39 Å². The molecule has 0 N–H and O–H groups in total. The molecule has 3 aromatic rings. The molecule has 0 bridgehead atoms. The van der Waals surface area contributed by atoms with Crippen molar-refractivity contribution in [3.05, 3.63) is 60.2 Å². The zero-order chi connectivity index (χ0) is 17.8. The highest BCUT2D eigenvalue weighted by Gasteiger charge is 2.21. The average molecular weight is 352 g/mol. The summed E-state index contributed by atoms with van der Waals surface area (Å²) in [5.41, 5.74) is 2.07. The largest absolute Gasteiger partial charge is 0.299 e. The molecular weight excluding hydrogens is 331 g/mol. The van der Waals surface area contributed by atoms with Crippen LogP contribution in [0.1, 0.15) is 18.4 Å². The van der Waals surface area contributed by atoms with Gasteiger partial charge in [-0.1, -0.05) is 12.1 Å². The third kappa shape index (κ3) is 4.11. The van der Waals surface area contributed by atoms with Crippen LogP contribution in [0.5, 0.6) is 0 Å². The summed E-state index contributed by atoms with van der Waals surface area (Å²) in [6.07, 6.45) is 5.76. The van der Waals surface area contributed by atoms with Crippen molar-refractivity contribution in [1.82, 2.24) is 30.1 Å². The Morgan fingerprint density at radius 2 is 1.88 bits per heavy atom. The molecule has 7 heteroatoms. The highest BCUT2D eigenvalue weighted by atomic mass is 19.1. The van der Waals surface area contributed by atoms with Gasteiger partial charge in [0, 0.05) is 31.0 Å². The second-order valence-corrected chi connectivity index (χ2v) is 6.77. The highest BCUT2D eigenvalue weighted by Crippen LogP contribution is 2.20. The van der Waals surface area contributed by atoms with Gasteiger partial charge in [-0.2, -0.15) is 4.80 Å². The van der Waals surface area contributed by atoms with Gasteiger partial charge in [-0.05, 0) is 60.3 Å². The molecule has 1 aliphatic heterocycles. The lowest BCUT2D eigenvalue weighted by Gasteiger charge is -2.32. The fourth-order valence-corrected chi connectivity index (χ4v) is 3.46. The molecule has 1 aromatic carbocycles. The Bertz CT molecular complexity index is 833. The van der Waals surface area contributed by atoms with Crippen molar-refractivity contribution in [2.24, 2.45) is 5.92 Å². The van der Waals surface area contributed by atoms with E-state index in [0.717, 1.165) is 50.1 Å². The van der Waals surface area contributed by atoms with E-state index in [9.17, 15) is 4.39 Å². The van der Waals surface area contributed by atoms with E-state index in [-0.39, 0.29) is 5.82 Å². The van der Waals surface area contributed by atoms with Gasteiger partial charge in [0.2, 0.25) is 5.82 Å². The summed E-state index contributed by atoms with van der Waals surface area (Å²) in [7, 11) is 0. The van der Waals surface area contributed by atoms with Crippen LogP contribution >= 0.6 is 0 Å². The number of piperidine rings is 1. The van der Waals surface area contributed by atoms with Gasteiger partial charge < -0.3 is 0 Å². The molecule has 2 aromatic heterocycles. The molecule has 4 rings (SSSR count). The molecule has 0 spiro atoms. The Balaban J connectivity index is 1.36. The molecular formula is C19H21FN6. The fourth-order valence-electron chi connectivity index (χ4n) is 3.46. The maximum absolute atomic E-state index is 13.1. The topological polar surface area (TPSA) is 59.7 Å². The summed E-state index contributed by atoms with van der Waals surface area (Å²) in [6.45, 7) is 3.67. The zero-order valence-corrected chi connectivity index (χ0v) is 14.5. The number of rotatable bonds is 5. The number of pyridine rings is 1. The fraction of sp³-hybridized carbons (Fsp3) is 0.368. The first-order valence-corrected chi connectivity index (χ1v) is 8.91. The van der Waals surface area contributed by atoms with Crippen LogP contribution in [0, 0.1) is 11.7 Å². The van der Waals surface area contributed by atoms with Crippen LogP contribution in [-0.4, -0.2) is 43.2 Å². The first-order chi connectivity index (χ1) is 12.8. The van der Waals surface area contributed by atoms with E-state index in [0.29, 0.717) is 11.7 Å². The zero-order valence-electron chi connectivity index (χ0n) is 14.5. The Hall–Kier alpha value is -2.67. The summed E-state index contributed by atoms with van der Waals surface area (Å²) >= 11 is 0. The molecule has 0 amide bonds. The van der Waals surface area contributed by atoms with Crippen LogP contribution in [0.15, 0.2) is 48.8 Å². The minimum Gasteiger partial charge on any atom is -0.299 e. The molecule has 6 nitrogen and oxygen atoms in total. The summed E-state index contributed by atoms with van der Waals surface area (Å²) in [6, 6.07) is 10.5. The molecule has 0 unspecified atom stereocenters. The summed E-state index contributed by atoms with van der Waals surface area (Å²) in [4.78, 5) is 8.12. The Labute approximate surface area is 151 Å². The smallest absolute Gasteiger partial charge is 0.205 e. The van der Waals surface area contributed by atoms with Crippen molar-refractivity contribution in [2.45, 2.75) is 25.9 Å². The van der Waals surface area contributed by atoms with E-state index in [1.165, 1.54) is 12.1 Å². The number of hydrogen-bond donors (Lipinski definition) is 0. The molecule has 134 valence electrons. The Morgan fingerprint density at radius 3 is 2.69 bits per heavy atom. The molecule has 1 saturated heterocycles. The molecule has 1 atom stereocenters. The van der Waals surface area contributed by atoms with Gasteiger partial charge in [0.25, 0.3) is 0 Å². The average Bonchev–Trinajstić information content (AvgIpc) is 3.13. The minimum atomic E-state index is -0.187. The van der Waals surface area contributed by atoms with Crippen LogP contribution in [0.25, 0.3) is 11.4 Å². The number of halogens is 1. The van der Waals surface area contributed by atoms with E-state index in [4.69, 9.17) is 0 Å². The van der Waals surface area contributed by atoms with Crippen molar-refractivity contribution < 1.29 is 4.39 Å². The second-order valence-electron chi connectivity index (χ2n) is 6.77. The molecule has 3 heterocycles. The van der Waals surface area contributed by atoms with Crippen LogP contribution in [0.4, 0.5) is 4.39 Å². The van der Waals surface area contributed by atoms with Crippen molar-refractivity contribution in [3.63, 3.8) is 0 Å². The van der Waals surface area contributed by atoms with Gasteiger partial charge in [-0.3, -0.25) is 9.88 Å². The summed E-state index contributed by atoms with van der Waals surface area (Å²) < 4.78 is 13.1. The van der Waals surface area contributed by atoms with Gasteiger partial charge in [0.1, 0.15) is 5.82 Å². The summed E-state index contributed by atoms with van der Waals surface area (Å²) in [5, 5.41) is 12.9. The quantitative estimate of drug-likeness (QED) is 0.707. The normalized spacial score (nSPS) is 18.1. The number of benzene rings is 1. The number of hydrogen-bond acceptors (Lipinski definition) is 5. The van der Waals surface area contributed by atoms with Crippen molar-refractivity contribution in [3.8, 4) is 11.4 Å². The van der Waals surface area contributed by atoms with Crippen LogP contribution in [0.3, 0.4) is 0 Å². The Morgan fingerprint density at radius 1 is 1.08 bits per heavy atom. The van der Waals surface area contributed by atoms with Crippen molar-refractivity contribution in [1.29, 1.82) is 0 Å². The Kier molecular flexibility index (Phi) is 4.97. The van der Waals surface area contributed by atoms with Crippen LogP contribution in [-0.2, 0) is 13.1 Å². The van der Waals surface area contributed by atoms with Gasteiger partial charge in [0.15, 0.2) is 0 Å². The predicted octanol–water partition coefficient (Wildman–Crippen LogP) is 2.79. The van der Waals surface area contributed by atoms with E-state index < -0.39 is 0 Å². The first-order valence-electron chi connectivity index (χ1n) is 8.91. The number of aromatic nitrogens is 5. The standard InChI is InChI=1S/C19H21FN6/c20-18-5-3-15(4-6-18)12-25-11-1-2-16(13-25)14-26-23-19(22-24-26)17-7-9-21-10-8-17/h3-10,16H,1-2,11-14H2/t16-/m1/s1. The predicted molar refractivity (Wildman–Crippen MR) is 95.4 cm³/mol. The van der Waals surface area contributed by atoms with Gasteiger partial charge in [-0.15, -0.1) is 10.2 Å². The second kappa shape index (κ2) is 7.70. The first kappa shape index (κ1) is 16.8. The van der Waals surface area contributed by atoms with Gasteiger partial charge in [0.05, 0.1) is 6.54 Å². The summed E-state index contributed by atoms with van der Waals surface area (Å²) in [5.74, 6) is 0.933. The molecule has 1 aliphatic rings. The molecule has 0 saturated carbocycles. The third-order valence-corrected chi connectivity index (χ3v) is 4.74. The van der Waals surface area contributed by atoms with Crippen molar-refractivity contribution in [2.75, 3.05) is 13.1 Å². The van der Waals surface area contributed by atoms with E-state index >= 15 is 0 Å². The molecule has 1 fully saturated rings. The lowest BCUT2D eigenvalue weighted by atomic mass is 9.97. The monoisotopic (exact) mass is 352 g/mol. The highest BCUT2D eigenvalue weighted by molar-refractivity contribution is 5.51. The minimum absolute atomic E-state index is 0.187. The number of tetrazole rings is 1. The van der Waals surface area contributed by atoms with E-state index in [1.54, 1.807) is 17.2 Å². The van der Waals surface area contributed by atoms with Crippen LogP contribution in [0.2, 0.25) is 0 Å². The molecule has 0 aliphatic carbocycles. The maximum atomic E-state index is 13.1. The van der Waals surface area contributed by atoms with Gasteiger partial charge >= 0.3 is 0 Å². The number of likely N-dealkylation sites (tertiary alicyclic amines) is 1. The molecule has 0 radical (unpaired) electrons. The third-order valence-electron chi connectivity index (χ3n) is 4.74. The maximum Gasteiger partial charge on any atom is 0.205 e. The number of nitrogens with zero attached hydrogens (tertiary/aromatic N) is 6. The van der Waals surface area contributed by atoms with E-state index in [1.807, 2.05) is 24.3 Å². The van der Waals surface area contributed by atoms with E-state index in [2.05, 4.69) is 25.3 Å². The lowest BCUT2D eigenvalue weighted by Crippen LogP contribution is -2.36. The van der Waals surface area contributed by atoms with Crippen LogP contribution < -0.4 is 0 Å². The lowest BCUT2D eigenvalue weighted by molar-refractivity contribution is 0.149.